The minimum absolute atomic E-state index is 0.654. The minimum Gasteiger partial charge on any atom is -0.382 e. The average Bonchev–Trinajstić information content (AvgIpc) is 2.32. The van der Waals surface area contributed by atoms with Crippen molar-refractivity contribution < 1.29 is 0 Å². The summed E-state index contributed by atoms with van der Waals surface area (Å²) in [4.78, 5) is 2.58. The van der Waals surface area contributed by atoms with Crippen LogP contribution in [0.3, 0.4) is 0 Å². The lowest BCUT2D eigenvalue weighted by Crippen LogP contribution is -2.39. The second-order valence-electron chi connectivity index (χ2n) is 4.77. The number of benzene rings is 1. The first-order chi connectivity index (χ1) is 8.28. The largest absolute Gasteiger partial charge is 0.382 e. The molecular formula is C14H21IN2. The van der Waals surface area contributed by atoms with Gasteiger partial charge >= 0.3 is 0 Å². The SMILES string of the molecule is CCCN1CCC(Nc2cccc(I)c2)CC1. The molecule has 1 heterocycles. The summed E-state index contributed by atoms with van der Waals surface area (Å²) in [5, 5.41) is 3.65. The van der Waals surface area contributed by atoms with Crippen molar-refractivity contribution in [3.8, 4) is 0 Å². The number of piperidine rings is 1. The highest BCUT2D eigenvalue weighted by Crippen LogP contribution is 2.18. The summed E-state index contributed by atoms with van der Waals surface area (Å²) in [6, 6.07) is 9.30. The van der Waals surface area contributed by atoms with Gasteiger partial charge in [0.15, 0.2) is 0 Å². The lowest BCUT2D eigenvalue weighted by atomic mass is 10.0. The normalized spacial score (nSPS) is 18.2. The molecular weight excluding hydrogens is 323 g/mol. The molecule has 2 rings (SSSR count). The maximum atomic E-state index is 3.65. The molecule has 1 aliphatic rings. The van der Waals surface area contributed by atoms with Crippen molar-refractivity contribution in [2.45, 2.75) is 32.2 Å². The fourth-order valence-corrected chi connectivity index (χ4v) is 2.97. The van der Waals surface area contributed by atoms with Gasteiger partial charge in [-0.1, -0.05) is 13.0 Å². The predicted octanol–water partition coefficient (Wildman–Crippen LogP) is 3.58. The van der Waals surface area contributed by atoms with Crippen LogP contribution >= 0.6 is 22.6 Å². The number of likely N-dealkylation sites (tertiary alicyclic amines) is 1. The zero-order valence-corrected chi connectivity index (χ0v) is 12.6. The van der Waals surface area contributed by atoms with Crippen LogP contribution in [0.1, 0.15) is 26.2 Å². The first-order valence-corrected chi connectivity index (χ1v) is 7.60. The standard InChI is InChI=1S/C14H21IN2/c1-2-8-17-9-6-13(7-10-17)16-14-5-3-4-12(15)11-14/h3-5,11,13,16H,2,6-10H2,1H3. The third-order valence-electron chi connectivity index (χ3n) is 3.32. The summed E-state index contributed by atoms with van der Waals surface area (Å²) in [5.41, 5.74) is 1.27. The molecule has 0 amide bonds. The number of anilines is 1. The molecule has 1 aromatic rings. The molecule has 1 aromatic carbocycles. The van der Waals surface area contributed by atoms with Crippen LogP contribution in [0.2, 0.25) is 0 Å². The number of nitrogens with one attached hydrogen (secondary N) is 1. The Balaban J connectivity index is 1.82. The highest BCUT2D eigenvalue weighted by molar-refractivity contribution is 14.1. The highest BCUT2D eigenvalue weighted by atomic mass is 127. The molecule has 0 bridgehead atoms. The van der Waals surface area contributed by atoms with Crippen LogP contribution < -0.4 is 5.32 Å². The number of hydrogen-bond donors (Lipinski definition) is 1. The average molecular weight is 344 g/mol. The lowest BCUT2D eigenvalue weighted by Gasteiger charge is -2.32. The van der Waals surface area contributed by atoms with Crippen LogP contribution in [0.15, 0.2) is 24.3 Å². The third-order valence-corrected chi connectivity index (χ3v) is 3.99. The van der Waals surface area contributed by atoms with Crippen LogP contribution in [-0.4, -0.2) is 30.6 Å². The molecule has 0 aliphatic carbocycles. The number of rotatable bonds is 4. The van der Waals surface area contributed by atoms with Crippen molar-refractivity contribution in [2.24, 2.45) is 0 Å². The van der Waals surface area contributed by atoms with Crippen molar-refractivity contribution in [2.75, 3.05) is 25.0 Å². The molecule has 2 nitrogen and oxygen atoms in total. The van der Waals surface area contributed by atoms with E-state index in [4.69, 9.17) is 0 Å². The summed E-state index contributed by atoms with van der Waals surface area (Å²) < 4.78 is 1.30. The van der Waals surface area contributed by atoms with E-state index in [1.165, 1.54) is 48.2 Å². The van der Waals surface area contributed by atoms with E-state index in [0.29, 0.717) is 6.04 Å². The Morgan fingerprint density at radius 1 is 1.35 bits per heavy atom. The zero-order valence-electron chi connectivity index (χ0n) is 10.5. The monoisotopic (exact) mass is 344 g/mol. The van der Waals surface area contributed by atoms with E-state index in [0.717, 1.165) is 0 Å². The van der Waals surface area contributed by atoms with E-state index in [2.05, 4.69) is 64.0 Å². The first kappa shape index (κ1) is 13.1. The number of nitrogens with zero attached hydrogens (tertiary/aromatic N) is 1. The Bertz CT molecular complexity index is 346. The van der Waals surface area contributed by atoms with Gasteiger partial charge in [0.05, 0.1) is 0 Å². The van der Waals surface area contributed by atoms with Crippen LogP contribution in [0, 0.1) is 3.57 Å². The lowest BCUT2D eigenvalue weighted by molar-refractivity contribution is 0.219. The summed E-state index contributed by atoms with van der Waals surface area (Å²) in [7, 11) is 0. The molecule has 0 unspecified atom stereocenters. The van der Waals surface area contributed by atoms with Crippen molar-refractivity contribution >= 4 is 28.3 Å². The fraction of sp³-hybridized carbons (Fsp3) is 0.571. The van der Waals surface area contributed by atoms with E-state index in [-0.39, 0.29) is 0 Å². The summed E-state index contributed by atoms with van der Waals surface area (Å²) in [5.74, 6) is 0. The van der Waals surface area contributed by atoms with E-state index < -0.39 is 0 Å². The molecule has 94 valence electrons. The van der Waals surface area contributed by atoms with Gasteiger partial charge in [0.25, 0.3) is 0 Å². The summed E-state index contributed by atoms with van der Waals surface area (Å²) >= 11 is 2.37. The molecule has 1 saturated heterocycles. The maximum Gasteiger partial charge on any atom is 0.0352 e. The molecule has 0 aromatic heterocycles. The van der Waals surface area contributed by atoms with Crippen molar-refractivity contribution in [3.05, 3.63) is 27.8 Å². The molecule has 1 N–H and O–H groups in total. The molecule has 0 saturated carbocycles. The second kappa shape index (κ2) is 6.59. The Hall–Kier alpha value is -0.290. The first-order valence-electron chi connectivity index (χ1n) is 6.52. The van der Waals surface area contributed by atoms with Crippen molar-refractivity contribution in [1.82, 2.24) is 4.90 Å². The number of hydrogen-bond acceptors (Lipinski definition) is 2. The van der Waals surface area contributed by atoms with Crippen molar-refractivity contribution in [3.63, 3.8) is 0 Å². The molecule has 0 radical (unpaired) electrons. The van der Waals surface area contributed by atoms with Crippen molar-refractivity contribution in [1.29, 1.82) is 0 Å². The van der Waals surface area contributed by atoms with E-state index in [1.807, 2.05) is 0 Å². The van der Waals surface area contributed by atoms with Crippen LogP contribution in [-0.2, 0) is 0 Å². The van der Waals surface area contributed by atoms with Gasteiger partial charge in [-0.15, -0.1) is 0 Å². The summed E-state index contributed by atoms with van der Waals surface area (Å²) in [6.07, 6.45) is 3.81. The van der Waals surface area contributed by atoms with Crippen LogP contribution in [0.5, 0.6) is 0 Å². The molecule has 1 aliphatic heterocycles. The minimum atomic E-state index is 0.654. The van der Waals surface area contributed by atoms with Gasteiger partial charge in [-0.2, -0.15) is 0 Å². The zero-order chi connectivity index (χ0) is 12.1. The van der Waals surface area contributed by atoms with Gasteiger partial charge in [0, 0.05) is 28.4 Å². The quantitative estimate of drug-likeness (QED) is 0.840. The maximum absolute atomic E-state index is 3.65. The Labute approximate surface area is 118 Å². The van der Waals surface area contributed by atoms with Gasteiger partial charge < -0.3 is 10.2 Å². The Morgan fingerprint density at radius 2 is 2.12 bits per heavy atom. The second-order valence-corrected chi connectivity index (χ2v) is 6.02. The van der Waals surface area contributed by atoms with Gasteiger partial charge in [-0.3, -0.25) is 0 Å². The van der Waals surface area contributed by atoms with Crippen LogP contribution in [0.25, 0.3) is 0 Å². The van der Waals surface area contributed by atoms with Gasteiger partial charge in [0.1, 0.15) is 0 Å². The van der Waals surface area contributed by atoms with Crippen LogP contribution in [0.4, 0.5) is 5.69 Å². The molecule has 0 spiro atoms. The summed E-state index contributed by atoms with van der Waals surface area (Å²) in [6.45, 7) is 6.01. The molecule has 1 fully saturated rings. The van der Waals surface area contributed by atoms with Gasteiger partial charge in [-0.05, 0) is 66.6 Å². The Morgan fingerprint density at radius 3 is 2.76 bits per heavy atom. The third kappa shape index (κ3) is 4.14. The topological polar surface area (TPSA) is 15.3 Å². The van der Waals surface area contributed by atoms with Gasteiger partial charge in [-0.25, -0.2) is 0 Å². The number of halogens is 1. The molecule has 0 atom stereocenters. The van der Waals surface area contributed by atoms with E-state index in [1.54, 1.807) is 0 Å². The predicted molar refractivity (Wildman–Crippen MR) is 82.5 cm³/mol. The Kier molecular flexibility index (Phi) is 5.10. The van der Waals surface area contributed by atoms with Gasteiger partial charge in [0.2, 0.25) is 0 Å². The molecule has 3 heteroatoms. The van der Waals surface area contributed by atoms with E-state index >= 15 is 0 Å². The fourth-order valence-electron chi connectivity index (χ4n) is 2.43. The van der Waals surface area contributed by atoms with E-state index in [9.17, 15) is 0 Å². The smallest absolute Gasteiger partial charge is 0.0352 e. The highest BCUT2D eigenvalue weighted by Gasteiger charge is 2.17. The molecule has 17 heavy (non-hydrogen) atoms.